The molecule has 1 saturated heterocycles. The van der Waals surface area contributed by atoms with Gasteiger partial charge in [0.1, 0.15) is 5.60 Å². The summed E-state index contributed by atoms with van der Waals surface area (Å²) in [7, 11) is 0. The molecule has 0 aromatic heterocycles. The van der Waals surface area contributed by atoms with Gasteiger partial charge in [-0.3, -0.25) is 14.6 Å². The molecule has 1 fully saturated rings. The quantitative estimate of drug-likeness (QED) is 0.737. The van der Waals surface area contributed by atoms with Gasteiger partial charge in [0, 0.05) is 17.9 Å². The van der Waals surface area contributed by atoms with Crippen molar-refractivity contribution in [3.8, 4) is 0 Å². The van der Waals surface area contributed by atoms with Crippen molar-refractivity contribution in [3.63, 3.8) is 0 Å². The molecular formula is C22H35N3O3. The summed E-state index contributed by atoms with van der Waals surface area (Å²) in [5.41, 5.74) is 0.978. The lowest BCUT2D eigenvalue weighted by Gasteiger charge is -2.27. The first kappa shape index (κ1) is 22.2. The smallest absolute Gasteiger partial charge is 0.414 e. The number of carbonyl (C=O) groups is 2. The van der Waals surface area contributed by atoms with Crippen molar-refractivity contribution in [2.45, 2.75) is 65.4 Å². The van der Waals surface area contributed by atoms with Gasteiger partial charge in [0.05, 0.1) is 6.54 Å². The van der Waals surface area contributed by atoms with Crippen molar-refractivity contribution in [2.75, 3.05) is 36.4 Å². The Kier molecular flexibility index (Phi) is 8.30. The van der Waals surface area contributed by atoms with E-state index < -0.39 is 5.60 Å². The number of ether oxygens (including phenoxy) is 1. The van der Waals surface area contributed by atoms with E-state index in [1.165, 1.54) is 19.3 Å². The minimum Gasteiger partial charge on any atom is -0.443 e. The Balaban J connectivity index is 1.98. The van der Waals surface area contributed by atoms with Crippen molar-refractivity contribution < 1.29 is 14.3 Å². The van der Waals surface area contributed by atoms with Crippen LogP contribution in [-0.4, -0.2) is 48.7 Å². The molecule has 2 rings (SSSR count). The third kappa shape index (κ3) is 7.50. The molecule has 1 N–H and O–H groups in total. The number of hydrogen-bond donors (Lipinski definition) is 1. The maximum atomic E-state index is 12.6. The van der Waals surface area contributed by atoms with Gasteiger partial charge in [-0.15, -0.1) is 0 Å². The number of amides is 2. The molecule has 28 heavy (non-hydrogen) atoms. The highest BCUT2D eigenvalue weighted by molar-refractivity contribution is 5.93. The first-order chi connectivity index (χ1) is 13.3. The number of carbonyl (C=O) groups excluding carboxylic acids is 2. The number of anilines is 2. The Labute approximate surface area is 169 Å². The molecule has 1 aliphatic heterocycles. The van der Waals surface area contributed by atoms with Crippen LogP contribution in [0.2, 0.25) is 0 Å². The van der Waals surface area contributed by atoms with E-state index in [4.69, 9.17) is 4.74 Å². The van der Waals surface area contributed by atoms with E-state index in [0.717, 1.165) is 37.3 Å². The van der Waals surface area contributed by atoms with Crippen LogP contribution in [0.3, 0.4) is 0 Å². The molecule has 1 heterocycles. The molecule has 0 radical (unpaired) electrons. The highest BCUT2D eigenvalue weighted by atomic mass is 16.6. The fourth-order valence-corrected chi connectivity index (χ4v) is 3.20. The highest BCUT2D eigenvalue weighted by Gasteiger charge is 2.23. The molecule has 0 atom stereocenters. The Bertz CT molecular complexity index is 631. The average molecular weight is 390 g/mol. The molecule has 6 nitrogen and oxygen atoms in total. The third-order valence-corrected chi connectivity index (χ3v) is 4.63. The molecule has 156 valence electrons. The van der Waals surface area contributed by atoms with Crippen molar-refractivity contribution in [3.05, 3.63) is 24.3 Å². The van der Waals surface area contributed by atoms with Crippen LogP contribution in [0.4, 0.5) is 16.2 Å². The number of rotatable bonds is 7. The van der Waals surface area contributed by atoms with Crippen LogP contribution in [0, 0.1) is 0 Å². The first-order valence-electron chi connectivity index (χ1n) is 10.4. The minimum atomic E-state index is -0.538. The molecule has 0 spiro atoms. The second-order valence-corrected chi connectivity index (χ2v) is 8.42. The molecule has 0 saturated carbocycles. The fraction of sp³-hybridized carbons (Fsp3) is 0.636. The number of piperidine rings is 1. The molecule has 0 unspecified atom stereocenters. The third-order valence-electron chi connectivity index (χ3n) is 4.63. The molecular weight excluding hydrogens is 354 g/mol. The molecule has 6 heteroatoms. The van der Waals surface area contributed by atoms with Gasteiger partial charge in [-0.1, -0.05) is 19.8 Å². The van der Waals surface area contributed by atoms with Crippen LogP contribution in [0.5, 0.6) is 0 Å². The molecule has 2 amide bonds. The molecule has 1 aromatic rings. The molecule has 0 aliphatic carbocycles. The zero-order valence-electron chi connectivity index (χ0n) is 17.8. The van der Waals surface area contributed by atoms with Crippen LogP contribution in [0.1, 0.15) is 59.8 Å². The predicted octanol–water partition coefficient (Wildman–Crippen LogP) is 4.65. The summed E-state index contributed by atoms with van der Waals surface area (Å²) >= 11 is 0. The van der Waals surface area contributed by atoms with Crippen LogP contribution < -0.4 is 10.2 Å². The maximum Gasteiger partial charge on any atom is 0.414 e. The fourth-order valence-electron chi connectivity index (χ4n) is 3.20. The second-order valence-electron chi connectivity index (χ2n) is 8.42. The van der Waals surface area contributed by atoms with E-state index in [1.54, 1.807) is 4.90 Å². The number of benzene rings is 1. The summed E-state index contributed by atoms with van der Waals surface area (Å²) in [5, 5.41) is 2.95. The molecule has 1 aromatic carbocycles. The second kappa shape index (κ2) is 10.5. The zero-order chi connectivity index (χ0) is 20.6. The van der Waals surface area contributed by atoms with E-state index in [2.05, 4.69) is 17.1 Å². The van der Waals surface area contributed by atoms with Gasteiger partial charge >= 0.3 is 6.09 Å². The predicted molar refractivity (Wildman–Crippen MR) is 114 cm³/mol. The largest absolute Gasteiger partial charge is 0.443 e. The van der Waals surface area contributed by atoms with E-state index in [-0.39, 0.29) is 12.0 Å². The lowest BCUT2D eigenvalue weighted by Crippen LogP contribution is -2.37. The number of nitrogens with zero attached hydrogens (tertiary/aromatic N) is 2. The number of nitrogens with one attached hydrogen (secondary N) is 1. The molecule has 1 aliphatic rings. The number of hydrogen-bond acceptors (Lipinski definition) is 4. The van der Waals surface area contributed by atoms with Gasteiger partial charge < -0.3 is 10.1 Å². The van der Waals surface area contributed by atoms with Gasteiger partial charge in [0.25, 0.3) is 0 Å². The van der Waals surface area contributed by atoms with E-state index in [0.29, 0.717) is 13.1 Å². The van der Waals surface area contributed by atoms with Crippen LogP contribution in [0.15, 0.2) is 24.3 Å². The zero-order valence-corrected chi connectivity index (χ0v) is 17.8. The Morgan fingerprint density at radius 1 is 1.11 bits per heavy atom. The van der Waals surface area contributed by atoms with Gasteiger partial charge in [-0.05, 0) is 77.4 Å². The lowest BCUT2D eigenvalue weighted by molar-refractivity contribution is -0.117. The van der Waals surface area contributed by atoms with Gasteiger partial charge in [0.2, 0.25) is 5.91 Å². The monoisotopic (exact) mass is 389 g/mol. The van der Waals surface area contributed by atoms with Gasteiger partial charge in [-0.2, -0.15) is 0 Å². The topological polar surface area (TPSA) is 61.9 Å². The minimum absolute atomic E-state index is 0.00429. The Hall–Kier alpha value is -2.08. The first-order valence-corrected chi connectivity index (χ1v) is 10.4. The van der Waals surface area contributed by atoms with E-state index >= 15 is 0 Å². The molecule has 0 bridgehead atoms. The van der Waals surface area contributed by atoms with Crippen LogP contribution >= 0.6 is 0 Å². The van der Waals surface area contributed by atoms with Gasteiger partial charge in [-0.25, -0.2) is 4.79 Å². The Morgan fingerprint density at radius 2 is 1.75 bits per heavy atom. The standard InChI is InChI=1S/C22H35N3O3/c1-5-6-16-25(21(27)28-22(2,3)4)19-12-10-18(11-13-19)23-20(26)17-24-14-8-7-9-15-24/h10-13H,5-9,14-17H2,1-4H3,(H,23,26). The SMILES string of the molecule is CCCCN(C(=O)OC(C)(C)C)c1ccc(NC(=O)CN2CCCCC2)cc1. The van der Waals surface area contributed by atoms with E-state index in [9.17, 15) is 9.59 Å². The summed E-state index contributed by atoms with van der Waals surface area (Å²) in [6, 6.07) is 7.39. The maximum absolute atomic E-state index is 12.6. The summed E-state index contributed by atoms with van der Waals surface area (Å²) in [4.78, 5) is 28.7. The van der Waals surface area contributed by atoms with Crippen LogP contribution in [-0.2, 0) is 9.53 Å². The number of likely N-dealkylation sites (tertiary alicyclic amines) is 1. The van der Waals surface area contributed by atoms with Crippen molar-refractivity contribution in [2.24, 2.45) is 0 Å². The highest BCUT2D eigenvalue weighted by Crippen LogP contribution is 2.21. The summed E-state index contributed by atoms with van der Waals surface area (Å²) in [5.74, 6) is 0.00429. The van der Waals surface area contributed by atoms with Crippen molar-refractivity contribution in [1.29, 1.82) is 0 Å². The summed E-state index contributed by atoms with van der Waals surface area (Å²) in [6.45, 7) is 10.7. The Morgan fingerprint density at radius 3 is 2.32 bits per heavy atom. The van der Waals surface area contributed by atoms with Gasteiger partial charge in [0.15, 0.2) is 0 Å². The average Bonchev–Trinajstić information content (AvgIpc) is 2.62. The summed E-state index contributed by atoms with van der Waals surface area (Å²) < 4.78 is 5.54. The van der Waals surface area contributed by atoms with Crippen molar-refractivity contribution >= 4 is 23.4 Å². The summed E-state index contributed by atoms with van der Waals surface area (Å²) in [6.07, 6.45) is 5.13. The number of unbranched alkanes of at least 4 members (excludes halogenated alkanes) is 1. The van der Waals surface area contributed by atoms with Crippen LogP contribution in [0.25, 0.3) is 0 Å². The normalized spacial score (nSPS) is 15.1. The van der Waals surface area contributed by atoms with E-state index in [1.807, 2.05) is 45.0 Å². The van der Waals surface area contributed by atoms with Crippen molar-refractivity contribution in [1.82, 2.24) is 4.90 Å². The lowest BCUT2D eigenvalue weighted by atomic mass is 10.1.